The second-order valence-corrected chi connectivity index (χ2v) is 12.4. The summed E-state index contributed by atoms with van der Waals surface area (Å²) in [5.74, 6) is 0. The monoisotopic (exact) mass is 581 g/mol. The van der Waals surface area contributed by atoms with E-state index < -0.39 is 0 Å². The van der Waals surface area contributed by atoms with Crippen LogP contribution in [0.4, 0.5) is 17.1 Å². The first-order valence-electron chi connectivity index (χ1n) is 14.8. The molecule has 3 nitrogen and oxygen atoms in total. The van der Waals surface area contributed by atoms with Crippen molar-refractivity contribution in [3.05, 3.63) is 140 Å². The van der Waals surface area contributed by atoms with Crippen molar-refractivity contribution in [1.29, 1.82) is 0 Å². The van der Waals surface area contributed by atoms with E-state index in [0.717, 1.165) is 60.9 Å². The maximum Gasteiger partial charge on any atom is 0.144 e. The minimum atomic E-state index is 0.874. The summed E-state index contributed by atoms with van der Waals surface area (Å²) in [7, 11) is 0. The topological polar surface area (TPSA) is 29.5 Å². The molecule has 206 valence electrons. The van der Waals surface area contributed by atoms with Crippen LogP contribution in [0.1, 0.15) is 0 Å². The summed E-state index contributed by atoms with van der Waals surface area (Å²) in [5.41, 5.74) is 6.85. The number of fused-ring (bicyclic) bond motifs is 12. The molecule has 0 bridgehead atoms. The van der Waals surface area contributed by atoms with Crippen LogP contribution in [0.5, 0.6) is 0 Å². The van der Waals surface area contributed by atoms with Crippen LogP contribution in [0.25, 0.3) is 74.8 Å². The third-order valence-corrected chi connectivity index (χ3v) is 9.96. The number of benzene rings is 7. The Morgan fingerprint density at radius 2 is 1.20 bits per heavy atom. The lowest BCUT2D eigenvalue weighted by atomic mass is 10.0. The number of thiophene rings is 1. The number of hydrogen-bond donors (Lipinski definition) is 0. The van der Waals surface area contributed by atoms with Crippen LogP contribution in [0, 0.1) is 0 Å². The van der Waals surface area contributed by atoms with Gasteiger partial charge in [-0.25, -0.2) is 0 Å². The Morgan fingerprint density at radius 1 is 0.432 bits per heavy atom. The maximum absolute atomic E-state index is 6.75. The van der Waals surface area contributed by atoms with Gasteiger partial charge in [-0.3, -0.25) is 0 Å². The molecule has 0 unspecified atom stereocenters. The number of para-hydroxylation sites is 2. The molecular formula is C40H23NO2S. The molecule has 0 fully saturated rings. The van der Waals surface area contributed by atoms with Crippen molar-refractivity contribution >= 4 is 103 Å². The summed E-state index contributed by atoms with van der Waals surface area (Å²) in [5, 5.41) is 9.35. The van der Waals surface area contributed by atoms with Gasteiger partial charge < -0.3 is 13.7 Å². The third-order valence-electron chi connectivity index (χ3n) is 8.84. The van der Waals surface area contributed by atoms with Crippen molar-refractivity contribution in [1.82, 2.24) is 0 Å². The summed E-state index contributed by atoms with van der Waals surface area (Å²) in [6.45, 7) is 0. The van der Waals surface area contributed by atoms with Crippen LogP contribution in [-0.2, 0) is 0 Å². The van der Waals surface area contributed by atoms with E-state index in [0.29, 0.717) is 0 Å². The van der Waals surface area contributed by atoms with Gasteiger partial charge in [-0.15, -0.1) is 11.3 Å². The second-order valence-electron chi connectivity index (χ2n) is 11.3. The van der Waals surface area contributed by atoms with E-state index in [1.165, 1.54) is 30.9 Å². The van der Waals surface area contributed by atoms with E-state index in [1.54, 1.807) is 0 Å². The van der Waals surface area contributed by atoms with E-state index in [9.17, 15) is 0 Å². The molecule has 7 aromatic carbocycles. The van der Waals surface area contributed by atoms with Gasteiger partial charge in [-0.05, 0) is 71.4 Å². The van der Waals surface area contributed by atoms with Gasteiger partial charge in [0.15, 0.2) is 0 Å². The molecule has 0 saturated heterocycles. The summed E-state index contributed by atoms with van der Waals surface area (Å²) in [4.78, 5) is 2.35. The zero-order valence-corrected chi connectivity index (χ0v) is 24.3. The van der Waals surface area contributed by atoms with Gasteiger partial charge in [0, 0.05) is 59.2 Å². The predicted octanol–water partition coefficient (Wildman–Crippen LogP) is 12.5. The van der Waals surface area contributed by atoms with Crippen LogP contribution in [0.3, 0.4) is 0 Å². The number of anilines is 3. The Balaban J connectivity index is 1.30. The lowest BCUT2D eigenvalue weighted by Crippen LogP contribution is -2.10. The van der Waals surface area contributed by atoms with Crippen molar-refractivity contribution in [3.63, 3.8) is 0 Å². The standard InChI is InChI=1S/C40H23NO2S/c1-2-10-25(11-3-1)41(26-18-19-29-28-13-6-7-15-32(28)42-34(29)23-26)31-14-8-16-35-38(31)39-36(44-35)22-20-30-37-27-12-5-4-9-24(27)17-21-33(37)43-40(30)39/h1-23H. The second kappa shape index (κ2) is 8.96. The zero-order valence-electron chi connectivity index (χ0n) is 23.5. The number of nitrogens with zero attached hydrogens (tertiary/aromatic N) is 1. The average molecular weight is 582 g/mol. The van der Waals surface area contributed by atoms with Crippen molar-refractivity contribution < 1.29 is 8.83 Å². The first-order chi connectivity index (χ1) is 21.8. The van der Waals surface area contributed by atoms with E-state index >= 15 is 0 Å². The molecule has 0 spiro atoms. The molecule has 0 saturated carbocycles. The SMILES string of the molecule is c1ccc(N(c2ccc3c(c2)oc2ccccc23)c2cccc3sc4ccc5c(oc6ccc7ccccc7c65)c4c23)cc1. The molecule has 44 heavy (non-hydrogen) atoms. The van der Waals surface area contributed by atoms with Gasteiger partial charge in [0.1, 0.15) is 22.3 Å². The van der Waals surface area contributed by atoms with Gasteiger partial charge in [0.25, 0.3) is 0 Å². The third kappa shape index (κ3) is 3.31. The largest absolute Gasteiger partial charge is 0.456 e. The summed E-state index contributed by atoms with van der Waals surface area (Å²) in [6.07, 6.45) is 0. The highest BCUT2D eigenvalue weighted by molar-refractivity contribution is 7.26. The van der Waals surface area contributed by atoms with Crippen molar-refractivity contribution in [3.8, 4) is 0 Å². The normalized spacial score (nSPS) is 12.1. The molecule has 10 rings (SSSR count). The van der Waals surface area contributed by atoms with Crippen LogP contribution in [0.2, 0.25) is 0 Å². The smallest absolute Gasteiger partial charge is 0.144 e. The number of hydrogen-bond acceptors (Lipinski definition) is 4. The Labute approximate surface area is 255 Å². The first kappa shape index (κ1) is 23.9. The Hall–Kier alpha value is -5.58. The molecule has 0 amide bonds. The predicted molar refractivity (Wildman–Crippen MR) is 186 cm³/mol. The average Bonchev–Trinajstić information content (AvgIpc) is 3.76. The Morgan fingerprint density at radius 3 is 2.14 bits per heavy atom. The van der Waals surface area contributed by atoms with Crippen LogP contribution < -0.4 is 4.90 Å². The highest BCUT2D eigenvalue weighted by atomic mass is 32.1. The highest BCUT2D eigenvalue weighted by Gasteiger charge is 2.22. The van der Waals surface area contributed by atoms with E-state index in [4.69, 9.17) is 8.83 Å². The van der Waals surface area contributed by atoms with E-state index in [1.807, 2.05) is 23.5 Å². The molecule has 3 heterocycles. The van der Waals surface area contributed by atoms with Crippen molar-refractivity contribution in [2.45, 2.75) is 0 Å². The molecule has 0 N–H and O–H groups in total. The van der Waals surface area contributed by atoms with Crippen molar-refractivity contribution in [2.75, 3.05) is 4.90 Å². The van der Waals surface area contributed by atoms with Crippen LogP contribution in [0.15, 0.2) is 148 Å². The first-order valence-corrected chi connectivity index (χ1v) is 15.6. The fourth-order valence-corrected chi connectivity index (χ4v) is 8.06. The Kier molecular flexibility index (Phi) is 4.87. The molecule has 10 aromatic rings. The van der Waals surface area contributed by atoms with Gasteiger partial charge >= 0.3 is 0 Å². The van der Waals surface area contributed by atoms with Gasteiger partial charge in [-0.1, -0.05) is 72.8 Å². The Bertz CT molecular complexity index is 2730. The summed E-state index contributed by atoms with van der Waals surface area (Å²) >= 11 is 1.81. The highest BCUT2D eigenvalue weighted by Crippen LogP contribution is 2.49. The summed E-state index contributed by atoms with van der Waals surface area (Å²) < 4.78 is 15.5. The van der Waals surface area contributed by atoms with Crippen molar-refractivity contribution in [2.24, 2.45) is 0 Å². The lowest BCUT2D eigenvalue weighted by Gasteiger charge is -2.26. The minimum absolute atomic E-state index is 0.874. The number of rotatable bonds is 3. The lowest BCUT2D eigenvalue weighted by molar-refractivity contribution is 0.669. The van der Waals surface area contributed by atoms with E-state index in [-0.39, 0.29) is 0 Å². The minimum Gasteiger partial charge on any atom is -0.456 e. The quantitative estimate of drug-likeness (QED) is 0.208. The molecule has 0 radical (unpaired) electrons. The van der Waals surface area contributed by atoms with E-state index in [2.05, 4.69) is 132 Å². The molecule has 4 heteroatoms. The molecule has 3 aromatic heterocycles. The number of furan rings is 2. The molecule has 0 atom stereocenters. The maximum atomic E-state index is 6.75. The van der Waals surface area contributed by atoms with Crippen LogP contribution >= 0.6 is 11.3 Å². The van der Waals surface area contributed by atoms with Gasteiger partial charge in [0.2, 0.25) is 0 Å². The van der Waals surface area contributed by atoms with Gasteiger partial charge in [-0.2, -0.15) is 0 Å². The van der Waals surface area contributed by atoms with Crippen LogP contribution in [-0.4, -0.2) is 0 Å². The molecule has 0 aliphatic rings. The molecular weight excluding hydrogens is 559 g/mol. The zero-order chi connectivity index (χ0) is 28.8. The fraction of sp³-hybridized carbons (Fsp3) is 0. The van der Waals surface area contributed by atoms with Gasteiger partial charge in [0.05, 0.1) is 5.69 Å². The summed E-state index contributed by atoms with van der Waals surface area (Å²) in [6, 6.07) is 49.3. The molecule has 0 aliphatic heterocycles. The molecule has 0 aliphatic carbocycles. The fourth-order valence-electron chi connectivity index (χ4n) is 6.93.